The van der Waals surface area contributed by atoms with Gasteiger partial charge in [0.1, 0.15) is 5.69 Å². The molecule has 2 rings (SSSR count). The van der Waals surface area contributed by atoms with Crippen molar-refractivity contribution in [2.45, 2.75) is 13.5 Å². The Labute approximate surface area is 115 Å². The van der Waals surface area contributed by atoms with Gasteiger partial charge < -0.3 is 9.88 Å². The van der Waals surface area contributed by atoms with Crippen LogP contribution in [0.1, 0.15) is 12.5 Å². The van der Waals surface area contributed by atoms with Crippen molar-refractivity contribution in [2.75, 3.05) is 11.9 Å². The number of aromatic nitrogens is 2. The Morgan fingerprint density at radius 3 is 2.65 bits per heavy atom. The summed E-state index contributed by atoms with van der Waals surface area (Å²) in [5.41, 5.74) is 1.05. The number of benzene rings is 1. The second kappa shape index (κ2) is 5.60. The van der Waals surface area contributed by atoms with Crippen molar-refractivity contribution in [1.29, 1.82) is 0 Å². The Morgan fingerprint density at radius 2 is 2.10 bits per heavy atom. The molecular weight excluding hydrogens is 260 g/mol. The van der Waals surface area contributed by atoms with Crippen LogP contribution >= 0.6 is 0 Å². The Hall–Kier alpha value is -2.57. The van der Waals surface area contributed by atoms with E-state index in [1.54, 1.807) is 31.6 Å². The van der Waals surface area contributed by atoms with E-state index < -0.39 is 4.92 Å². The summed E-state index contributed by atoms with van der Waals surface area (Å²) in [6.45, 7) is 2.74. The van der Waals surface area contributed by atoms with Crippen LogP contribution in [0.15, 0.2) is 35.4 Å². The molecule has 106 valence electrons. The van der Waals surface area contributed by atoms with E-state index in [2.05, 4.69) is 5.32 Å². The van der Waals surface area contributed by atoms with Gasteiger partial charge in [0.25, 0.3) is 5.69 Å². The predicted molar refractivity (Wildman–Crippen MR) is 76.0 cm³/mol. The van der Waals surface area contributed by atoms with E-state index in [9.17, 15) is 14.9 Å². The van der Waals surface area contributed by atoms with Gasteiger partial charge in [-0.2, -0.15) is 0 Å². The van der Waals surface area contributed by atoms with Gasteiger partial charge in [-0.25, -0.2) is 4.79 Å². The fraction of sp³-hybridized carbons (Fsp3) is 0.308. The van der Waals surface area contributed by atoms with E-state index >= 15 is 0 Å². The van der Waals surface area contributed by atoms with Gasteiger partial charge >= 0.3 is 5.69 Å². The van der Waals surface area contributed by atoms with E-state index in [4.69, 9.17) is 0 Å². The highest BCUT2D eigenvalue weighted by Gasteiger charge is 2.17. The minimum Gasteiger partial charge on any atom is -0.379 e. The fourth-order valence-electron chi connectivity index (χ4n) is 2.07. The summed E-state index contributed by atoms with van der Waals surface area (Å²) in [5, 5.41) is 14.1. The standard InChI is InChI=1S/C13H16N4O3/c1-3-14-12-10(5-4-6-11(12)17(19)20)9-16-8-7-15(2)13(16)18/h4-8,14H,3,9H2,1-2H3. The smallest absolute Gasteiger partial charge is 0.328 e. The molecular formula is C13H16N4O3. The third-order valence-corrected chi connectivity index (χ3v) is 3.04. The highest BCUT2D eigenvalue weighted by molar-refractivity contribution is 5.66. The molecule has 7 heteroatoms. The molecule has 1 aromatic carbocycles. The van der Waals surface area contributed by atoms with Gasteiger partial charge in [-0.3, -0.25) is 14.7 Å². The van der Waals surface area contributed by atoms with Crippen LogP contribution in [0.25, 0.3) is 0 Å². The summed E-state index contributed by atoms with van der Waals surface area (Å²) in [4.78, 5) is 22.5. The monoisotopic (exact) mass is 276 g/mol. The van der Waals surface area contributed by atoms with Crippen molar-refractivity contribution in [2.24, 2.45) is 7.05 Å². The highest BCUT2D eigenvalue weighted by atomic mass is 16.6. The van der Waals surface area contributed by atoms with Crippen LogP contribution in [0.4, 0.5) is 11.4 Å². The molecule has 0 fully saturated rings. The van der Waals surface area contributed by atoms with Crippen LogP contribution in [-0.2, 0) is 13.6 Å². The Morgan fingerprint density at radius 1 is 1.35 bits per heavy atom. The first-order chi connectivity index (χ1) is 9.54. The average Bonchev–Trinajstić information content (AvgIpc) is 2.72. The maximum Gasteiger partial charge on any atom is 0.328 e. The Kier molecular flexibility index (Phi) is 3.88. The zero-order valence-electron chi connectivity index (χ0n) is 11.4. The normalized spacial score (nSPS) is 10.5. The van der Waals surface area contributed by atoms with Crippen LogP contribution in [-0.4, -0.2) is 20.6 Å². The maximum absolute atomic E-state index is 11.8. The number of imidazole rings is 1. The summed E-state index contributed by atoms with van der Waals surface area (Å²) in [6.07, 6.45) is 3.32. The molecule has 0 saturated carbocycles. The number of nitrogens with zero attached hydrogens (tertiary/aromatic N) is 3. The molecule has 0 aliphatic rings. The summed E-state index contributed by atoms with van der Waals surface area (Å²) in [7, 11) is 1.66. The van der Waals surface area contributed by atoms with E-state index in [1.807, 2.05) is 6.92 Å². The number of nitro benzene ring substituents is 1. The molecule has 0 amide bonds. The van der Waals surface area contributed by atoms with Crippen LogP contribution in [0.3, 0.4) is 0 Å². The third-order valence-electron chi connectivity index (χ3n) is 3.04. The Bertz CT molecular complexity index is 687. The SMILES string of the molecule is CCNc1c(Cn2ccn(C)c2=O)cccc1[N+](=O)[O-]. The van der Waals surface area contributed by atoms with Crippen molar-refractivity contribution in [1.82, 2.24) is 9.13 Å². The first-order valence-corrected chi connectivity index (χ1v) is 6.26. The number of para-hydroxylation sites is 1. The van der Waals surface area contributed by atoms with Crippen LogP contribution in [0, 0.1) is 10.1 Å². The molecule has 2 aromatic rings. The van der Waals surface area contributed by atoms with Crippen molar-refractivity contribution in [3.63, 3.8) is 0 Å². The topological polar surface area (TPSA) is 82.1 Å². The lowest BCUT2D eigenvalue weighted by Crippen LogP contribution is -2.22. The van der Waals surface area contributed by atoms with Crippen LogP contribution in [0.2, 0.25) is 0 Å². The second-order valence-corrected chi connectivity index (χ2v) is 4.42. The van der Waals surface area contributed by atoms with Crippen molar-refractivity contribution >= 4 is 11.4 Å². The van der Waals surface area contributed by atoms with Gasteiger partial charge in [0, 0.05) is 37.6 Å². The number of hydrogen-bond donors (Lipinski definition) is 1. The zero-order chi connectivity index (χ0) is 14.7. The number of nitrogens with one attached hydrogen (secondary N) is 1. The predicted octanol–water partition coefficient (Wildman–Crippen LogP) is 1.58. The minimum atomic E-state index is -0.421. The third kappa shape index (κ3) is 2.56. The molecule has 0 saturated heterocycles. The molecule has 1 N–H and O–H groups in total. The minimum absolute atomic E-state index is 0.0216. The molecule has 20 heavy (non-hydrogen) atoms. The molecule has 0 atom stereocenters. The van der Waals surface area contributed by atoms with Crippen LogP contribution in [0.5, 0.6) is 0 Å². The van der Waals surface area contributed by atoms with Crippen molar-refractivity contribution < 1.29 is 4.92 Å². The molecule has 1 heterocycles. The summed E-state index contributed by atoms with van der Waals surface area (Å²) >= 11 is 0. The van der Waals surface area contributed by atoms with Gasteiger partial charge in [-0.05, 0) is 6.92 Å². The average molecular weight is 276 g/mol. The van der Waals surface area contributed by atoms with Crippen LogP contribution < -0.4 is 11.0 Å². The van der Waals surface area contributed by atoms with Gasteiger partial charge in [0.2, 0.25) is 0 Å². The highest BCUT2D eigenvalue weighted by Crippen LogP contribution is 2.28. The summed E-state index contributed by atoms with van der Waals surface area (Å²) in [5.74, 6) is 0. The largest absolute Gasteiger partial charge is 0.379 e. The maximum atomic E-state index is 11.8. The van der Waals surface area contributed by atoms with E-state index in [0.29, 0.717) is 24.3 Å². The molecule has 0 aliphatic carbocycles. The zero-order valence-corrected chi connectivity index (χ0v) is 11.4. The molecule has 0 radical (unpaired) electrons. The first kappa shape index (κ1) is 13.9. The number of anilines is 1. The summed E-state index contributed by atoms with van der Waals surface area (Å²) < 4.78 is 2.98. The quantitative estimate of drug-likeness (QED) is 0.664. The molecule has 0 aliphatic heterocycles. The van der Waals surface area contributed by atoms with Gasteiger partial charge in [-0.1, -0.05) is 12.1 Å². The molecule has 1 aromatic heterocycles. The number of rotatable bonds is 5. The lowest BCUT2D eigenvalue weighted by atomic mass is 10.1. The van der Waals surface area contributed by atoms with E-state index in [0.717, 1.165) is 0 Å². The number of hydrogen-bond acceptors (Lipinski definition) is 4. The lowest BCUT2D eigenvalue weighted by Gasteiger charge is -2.11. The van der Waals surface area contributed by atoms with Gasteiger partial charge in [0.05, 0.1) is 11.5 Å². The number of aryl methyl sites for hydroxylation is 1. The van der Waals surface area contributed by atoms with E-state index in [1.165, 1.54) is 15.2 Å². The molecule has 0 spiro atoms. The molecule has 0 unspecified atom stereocenters. The van der Waals surface area contributed by atoms with E-state index in [-0.39, 0.29) is 11.4 Å². The van der Waals surface area contributed by atoms with Crippen molar-refractivity contribution in [3.8, 4) is 0 Å². The Balaban J connectivity index is 2.45. The summed E-state index contributed by atoms with van der Waals surface area (Å²) in [6, 6.07) is 4.86. The second-order valence-electron chi connectivity index (χ2n) is 4.42. The molecule has 0 bridgehead atoms. The van der Waals surface area contributed by atoms with Gasteiger partial charge in [0.15, 0.2) is 0 Å². The molecule has 7 nitrogen and oxygen atoms in total. The van der Waals surface area contributed by atoms with Crippen molar-refractivity contribution in [3.05, 3.63) is 56.8 Å². The lowest BCUT2D eigenvalue weighted by molar-refractivity contribution is -0.384. The van der Waals surface area contributed by atoms with Gasteiger partial charge in [-0.15, -0.1) is 0 Å². The fourth-order valence-corrected chi connectivity index (χ4v) is 2.07. The first-order valence-electron chi connectivity index (χ1n) is 6.26. The number of nitro groups is 1.